The molecule has 4 heteroatoms. The molecule has 1 N–H and O–H groups in total. The Balaban J connectivity index is 1.99. The number of anilines is 1. The number of pyridine rings is 1. The van der Waals surface area contributed by atoms with Crippen LogP contribution in [0, 0.1) is 0 Å². The lowest BCUT2D eigenvalue weighted by atomic mass is 9.99. The van der Waals surface area contributed by atoms with Crippen LogP contribution < -0.4 is 10.2 Å². The van der Waals surface area contributed by atoms with E-state index in [1.54, 1.807) is 0 Å². The summed E-state index contributed by atoms with van der Waals surface area (Å²) in [6, 6.07) is 4.50. The molecule has 1 aromatic heterocycles. The largest absolute Gasteiger partial charge is 0.367 e. The quantitative estimate of drug-likeness (QED) is 0.817. The van der Waals surface area contributed by atoms with Crippen molar-refractivity contribution in [2.24, 2.45) is 0 Å². The van der Waals surface area contributed by atoms with Gasteiger partial charge in [0, 0.05) is 19.1 Å². The van der Waals surface area contributed by atoms with Gasteiger partial charge in [-0.1, -0.05) is 20.3 Å². The molecule has 2 rings (SSSR count). The van der Waals surface area contributed by atoms with Gasteiger partial charge in [-0.3, -0.25) is 4.79 Å². The zero-order valence-corrected chi connectivity index (χ0v) is 13.3. The molecule has 0 aliphatic carbocycles. The highest BCUT2D eigenvalue weighted by Crippen LogP contribution is 2.25. The summed E-state index contributed by atoms with van der Waals surface area (Å²) in [6.45, 7) is 6.18. The lowest BCUT2D eigenvalue weighted by molar-refractivity contribution is 0.0948. The van der Waals surface area contributed by atoms with Gasteiger partial charge in [0.15, 0.2) is 0 Å². The fraction of sp³-hybridized carbons (Fsp3) is 0.647. The molecular weight excluding hydrogens is 262 g/mol. The van der Waals surface area contributed by atoms with Crippen LogP contribution >= 0.6 is 0 Å². The number of unbranched alkanes of at least 4 members (excludes halogenated alkanes) is 1. The summed E-state index contributed by atoms with van der Waals surface area (Å²) in [5.41, 5.74) is 1.66. The van der Waals surface area contributed by atoms with E-state index < -0.39 is 0 Å². The lowest BCUT2D eigenvalue weighted by Crippen LogP contribution is -2.39. The second-order valence-electron chi connectivity index (χ2n) is 5.76. The minimum Gasteiger partial charge on any atom is -0.367 e. The molecule has 0 saturated carbocycles. The molecule has 1 aliphatic rings. The summed E-state index contributed by atoms with van der Waals surface area (Å²) in [5, 5.41) is 2.90. The maximum Gasteiger partial charge on any atom is 0.269 e. The molecule has 0 spiro atoms. The van der Waals surface area contributed by atoms with Gasteiger partial charge < -0.3 is 10.2 Å². The molecular formula is C17H27N3O. The van der Waals surface area contributed by atoms with Gasteiger partial charge in [0.05, 0.1) is 11.9 Å². The van der Waals surface area contributed by atoms with Crippen molar-refractivity contribution in [3.8, 4) is 0 Å². The van der Waals surface area contributed by atoms with Crippen molar-refractivity contribution in [2.45, 2.75) is 58.4 Å². The summed E-state index contributed by atoms with van der Waals surface area (Å²) < 4.78 is 0. The summed E-state index contributed by atoms with van der Waals surface area (Å²) in [5.74, 6) is -0.0688. The van der Waals surface area contributed by atoms with E-state index in [0.29, 0.717) is 11.7 Å². The number of nitrogens with zero attached hydrogens (tertiary/aromatic N) is 2. The maximum atomic E-state index is 11.9. The van der Waals surface area contributed by atoms with Gasteiger partial charge in [0.1, 0.15) is 5.69 Å². The molecule has 116 valence electrons. The molecule has 4 nitrogen and oxygen atoms in total. The molecule has 0 bridgehead atoms. The van der Waals surface area contributed by atoms with E-state index in [-0.39, 0.29) is 5.91 Å². The van der Waals surface area contributed by atoms with E-state index in [1.807, 2.05) is 18.3 Å². The Morgan fingerprint density at radius 3 is 2.90 bits per heavy atom. The van der Waals surface area contributed by atoms with Crippen LogP contribution in [0.1, 0.15) is 62.9 Å². The van der Waals surface area contributed by atoms with Crippen LogP contribution in [0.3, 0.4) is 0 Å². The highest BCUT2D eigenvalue weighted by atomic mass is 16.1. The number of hydrogen-bond acceptors (Lipinski definition) is 3. The van der Waals surface area contributed by atoms with Gasteiger partial charge in [-0.15, -0.1) is 0 Å². The molecule has 2 heterocycles. The third kappa shape index (κ3) is 4.19. The first kappa shape index (κ1) is 15.8. The summed E-state index contributed by atoms with van der Waals surface area (Å²) in [7, 11) is 0. The third-order valence-electron chi connectivity index (χ3n) is 4.23. The Labute approximate surface area is 127 Å². The van der Waals surface area contributed by atoms with Crippen LogP contribution in [-0.2, 0) is 0 Å². The van der Waals surface area contributed by atoms with Crippen LogP contribution in [0.25, 0.3) is 0 Å². The first-order valence-corrected chi connectivity index (χ1v) is 8.27. The number of hydrogen-bond donors (Lipinski definition) is 1. The van der Waals surface area contributed by atoms with Crippen LogP contribution in [0.15, 0.2) is 18.3 Å². The number of piperidine rings is 1. The van der Waals surface area contributed by atoms with Crippen LogP contribution in [0.5, 0.6) is 0 Å². The van der Waals surface area contributed by atoms with Crippen LogP contribution in [0.4, 0.5) is 5.69 Å². The SMILES string of the molecule is CCCCNC(=O)c1ccc(N2CCCCC2CC)cn1. The van der Waals surface area contributed by atoms with Gasteiger partial charge in [-0.05, 0) is 44.2 Å². The average Bonchev–Trinajstić information content (AvgIpc) is 2.55. The van der Waals surface area contributed by atoms with E-state index in [2.05, 4.69) is 29.0 Å². The first-order chi connectivity index (χ1) is 10.3. The van der Waals surface area contributed by atoms with Crippen molar-refractivity contribution in [1.29, 1.82) is 0 Å². The van der Waals surface area contributed by atoms with Crippen molar-refractivity contribution in [2.75, 3.05) is 18.0 Å². The Kier molecular flexibility index (Phi) is 6.03. The number of aromatic nitrogens is 1. The van der Waals surface area contributed by atoms with Crippen LogP contribution in [0.2, 0.25) is 0 Å². The number of amides is 1. The topological polar surface area (TPSA) is 45.2 Å². The van der Waals surface area contributed by atoms with Gasteiger partial charge in [0.2, 0.25) is 0 Å². The highest BCUT2D eigenvalue weighted by Gasteiger charge is 2.21. The molecule has 1 atom stereocenters. The van der Waals surface area contributed by atoms with Gasteiger partial charge in [-0.25, -0.2) is 4.98 Å². The predicted molar refractivity (Wildman–Crippen MR) is 86.8 cm³/mol. The summed E-state index contributed by atoms with van der Waals surface area (Å²) in [4.78, 5) is 18.7. The normalized spacial score (nSPS) is 18.6. The molecule has 0 aromatic carbocycles. The van der Waals surface area contributed by atoms with E-state index in [4.69, 9.17) is 0 Å². The third-order valence-corrected chi connectivity index (χ3v) is 4.23. The molecule has 1 aliphatic heterocycles. The fourth-order valence-corrected chi connectivity index (χ4v) is 2.92. The Hall–Kier alpha value is -1.58. The molecule has 1 unspecified atom stereocenters. The van der Waals surface area contributed by atoms with Crippen molar-refractivity contribution >= 4 is 11.6 Å². The Morgan fingerprint density at radius 1 is 1.38 bits per heavy atom. The first-order valence-electron chi connectivity index (χ1n) is 8.27. The van der Waals surface area contributed by atoms with Crippen molar-refractivity contribution in [1.82, 2.24) is 10.3 Å². The number of carbonyl (C=O) groups excluding carboxylic acids is 1. The molecule has 21 heavy (non-hydrogen) atoms. The zero-order chi connectivity index (χ0) is 15.1. The maximum absolute atomic E-state index is 11.9. The van der Waals surface area contributed by atoms with Gasteiger partial charge >= 0.3 is 0 Å². The Bertz CT molecular complexity index is 444. The molecule has 1 aromatic rings. The predicted octanol–water partition coefficient (Wildman–Crippen LogP) is 3.38. The average molecular weight is 289 g/mol. The summed E-state index contributed by atoms with van der Waals surface area (Å²) in [6.07, 6.45) is 8.93. The summed E-state index contributed by atoms with van der Waals surface area (Å²) >= 11 is 0. The minimum atomic E-state index is -0.0688. The monoisotopic (exact) mass is 289 g/mol. The molecule has 1 saturated heterocycles. The lowest BCUT2D eigenvalue weighted by Gasteiger charge is -2.37. The second-order valence-corrected chi connectivity index (χ2v) is 5.76. The fourth-order valence-electron chi connectivity index (χ4n) is 2.92. The number of nitrogens with one attached hydrogen (secondary N) is 1. The smallest absolute Gasteiger partial charge is 0.269 e. The molecule has 1 amide bonds. The van der Waals surface area contributed by atoms with E-state index in [9.17, 15) is 4.79 Å². The highest BCUT2D eigenvalue weighted by molar-refractivity contribution is 5.92. The standard InChI is InChI=1S/C17H27N3O/c1-3-5-11-18-17(21)16-10-9-15(13-19-16)20-12-7-6-8-14(20)4-2/h9-10,13-14H,3-8,11-12H2,1-2H3,(H,18,21). The van der Waals surface area contributed by atoms with E-state index in [1.165, 1.54) is 25.7 Å². The number of rotatable bonds is 6. The van der Waals surface area contributed by atoms with Crippen LogP contribution in [-0.4, -0.2) is 30.0 Å². The van der Waals surface area contributed by atoms with Gasteiger partial charge in [-0.2, -0.15) is 0 Å². The minimum absolute atomic E-state index is 0.0688. The van der Waals surface area contributed by atoms with Crippen molar-refractivity contribution < 1.29 is 4.79 Å². The van der Waals surface area contributed by atoms with Gasteiger partial charge in [0.25, 0.3) is 5.91 Å². The molecule has 1 fully saturated rings. The van der Waals surface area contributed by atoms with E-state index >= 15 is 0 Å². The van der Waals surface area contributed by atoms with E-state index in [0.717, 1.165) is 31.6 Å². The number of carbonyl (C=O) groups is 1. The Morgan fingerprint density at radius 2 is 2.24 bits per heavy atom. The van der Waals surface area contributed by atoms with Crippen molar-refractivity contribution in [3.05, 3.63) is 24.0 Å². The zero-order valence-electron chi connectivity index (χ0n) is 13.3. The second kappa shape index (κ2) is 8.01. The van der Waals surface area contributed by atoms with Crippen molar-refractivity contribution in [3.63, 3.8) is 0 Å². The molecule has 0 radical (unpaired) electrons.